The first-order valence-electron chi connectivity index (χ1n) is 8.58. The molecule has 0 spiro atoms. The molecule has 0 aromatic carbocycles. The molecule has 2 atom stereocenters. The van der Waals surface area contributed by atoms with Crippen molar-refractivity contribution in [2.45, 2.75) is 65.5 Å². The van der Waals surface area contributed by atoms with Crippen LogP contribution in [0.25, 0.3) is 0 Å². The molecule has 0 aromatic rings. The van der Waals surface area contributed by atoms with Gasteiger partial charge < -0.3 is 21.3 Å². The fourth-order valence-corrected chi connectivity index (χ4v) is 2.29. The molecule has 4 N–H and O–H groups in total. The summed E-state index contributed by atoms with van der Waals surface area (Å²) in [6, 6.07) is 1.26. The molecule has 0 aliphatic carbocycles. The molecule has 122 valence electrons. The van der Waals surface area contributed by atoms with Crippen LogP contribution in [0.4, 0.5) is 0 Å². The topological polar surface area (TPSA) is 48.1 Å². The molecule has 0 aromatic heterocycles. The van der Waals surface area contributed by atoms with Gasteiger partial charge in [-0.1, -0.05) is 13.8 Å². The first-order valence-corrected chi connectivity index (χ1v) is 8.58. The van der Waals surface area contributed by atoms with Gasteiger partial charge in [-0.05, 0) is 78.8 Å². The smallest absolute Gasteiger partial charge is 0.00506 e. The molecule has 0 amide bonds. The molecule has 0 bridgehead atoms. The predicted molar refractivity (Wildman–Crippen MR) is 90.5 cm³/mol. The Labute approximate surface area is 126 Å². The van der Waals surface area contributed by atoms with Crippen LogP contribution >= 0.6 is 0 Å². The highest BCUT2D eigenvalue weighted by Gasteiger charge is 1.99. The molecule has 0 aliphatic rings. The van der Waals surface area contributed by atoms with E-state index in [-0.39, 0.29) is 0 Å². The van der Waals surface area contributed by atoms with Gasteiger partial charge in [0.2, 0.25) is 0 Å². The third kappa shape index (κ3) is 14.3. The van der Waals surface area contributed by atoms with Crippen molar-refractivity contribution in [2.75, 3.05) is 39.3 Å². The fourth-order valence-electron chi connectivity index (χ4n) is 2.29. The van der Waals surface area contributed by atoms with Crippen molar-refractivity contribution >= 4 is 0 Å². The molecule has 0 radical (unpaired) electrons. The Morgan fingerprint density at radius 3 is 1.40 bits per heavy atom. The zero-order valence-electron chi connectivity index (χ0n) is 14.2. The molecule has 0 aliphatic heterocycles. The molecule has 0 fully saturated rings. The van der Waals surface area contributed by atoms with E-state index in [1.807, 2.05) is 0 Å². The Balaban J connectivity index is 3.10. The molecule has 20 heavy (non-hydrogen) atoms. The van der Waals surface area contributed by atoms with E-state index in [0.717, 1.165) is 39.3 Å². The van der Waals surface area contributed by atoms with Crippen LogP contribution in [0.3, 0.4) is 0 Å². The van der Waals surface area contributed by atoms with Crippen molar-refractivity contribution in [1.29, 1.82) is 0 Å². The van der Waals surface area contributed by atoms with Gasteiger partial charge in [-0.25, -0.2) is 0 Å². The van der Waals surface area contributed by atoms with Crippen molar-refractivity contribution < 1.29 is 0 Å². The minimum Gasteiger partial charge on any atom is -0.317 e. The molecule has 0 saturated heterocycles. The van der Waals surface area contributed by atoms with E-state index in [2.05, 4.69) is 49.0 Å². The summed E-state index contributed by atoms with van der Waals surface area (Å²) in [4.78, 5) is 0. The second-order valence-electron chi connectivity index (χ2n) is 5.70. The van der Waals surface area contributed by atoms with E-state index < -0.39 is 0 Å². The quantitative estimate of drug-likeness (QED) is 0.346. The summed E-state index contributed by atoms with van der Waals surface area (Å²) >= 11 is 0. The molecule has 4 heteroatoms. The highest BCUT2D eigenvalue weighted by atomic mass is 14.9. The lowest BCUT2D eigenvalue weighted by Gasteiger charge is -2.13. The summed E-state index contributed by atoms with van der Waals surface area (Å²) < 4.78 is 0. The van der Waals surface area contributed by atoms with E-state index in [0.29, 0.717) is 12.1 Å². The lowest BCUT2D eigenvalue weighted by molar-refractivity contribution is 0.486. The summed E-state index contributed by atoms with van der Waals surface area (Å²) in [6.07, 6.45) is 4.97. The third-order valence-corrected chi connectivity index (χ3v) is 3.57. The standard InChI is InChI=1S/C16H38N4/c1-5-19-15(3)9-13-17-11-7-8-12-18-14-10-16(4)20-6-2/h15-20H,5-14H2,1-4H3. The van der Waals surface area contributed by atoms with Crippen LogP contribution in [-0.2, 0) is 0 Å². The monoisotopic (exact) mass is 286 g/mol. The van der Waals surface area contributed by atoms with Crippen molar-refractivity contribution in [3.8, 4) is 0 Å². The molecule has 4 nitrogen and oxygen atoms in total. The number of rotatable bonds is 15. The normalized spacial score (nSPS) is 14.4. The van der Waals surface area contributed by atoms with Gasteiger partial charge in [-0.2, -0.15) is 0 Å². The van der Waals surface area contributed by atoms with E-state index in [9.17, 15) is 0 Å². The van der Waals surface area contributed by atoms with Crippen LogP contribution in [-0.4, -0.2) is 51.4 Å². The highest BCUT2D eigenvalue weighted by Crippen LogP contribution is 1.91. The van der Waals surface area contributed by atoms with Crippen LogP contribution in [0.5, 0.6) is 0 Å². The van der Waals surface area contributed by atoms with Crippen LogP contribution in [0, 0.1) is 0 Å². The van der Waals surface area contributed by atoms with Crippen molar-refractivity contribution in [1.82, 2.24) is 21.3 Å². The van der Waals surface area contributed by atoms with Gasteiger partial charge in [-0.3, -0.25) is 0 Å². The SMILES string of the molecule is CCNC(C)CCNCCCCNCCC(C)NCC. The van der Waals surface area contributed by atoms with Gasteiger partial charge in [0.25, 0.3) is 0 Å². The summed E-state index contributed by atoms with van der Waals surface area (Å²) in [5, 5.41) is 13.9. The summed E-state index contributed by atoms with van der Waals surface area (Å²) in [5.74, 6) is 0. The van der Waals surface area contributed by atoms with E-state index in [1.165, 1.54) is 25.7 Å². The van der Waals surface area contributed by atoms with Crippen molar-refractivity contribution in [3.05, 3.63) is 0 Å². The average molecular weight is 287 g/mol. The lowest BCUT2D eigenvalue weighted by Crippen LogP contribution is -2.31. The van der Waals surface area contributed by atoms with Gasteiger partial charge in [0.15, 0.2) is 0 Å². The molecule has 0 rings (SSSR count). The zero-order chi connectivity index (χ0) is 15.1. The van der Waals surface area contributed by atoms with Crippen LogP contribution in [0.1, 0.15) is 53.4 Å². The molecule has 2 unspecified atom stereocenters. The number of nitrogens with one attached hydrogen (secondary N) is 4. The van der Waals surface area contributed by atoms with Gasteiger partial charge in [0, 0.05) is 12.1 Å². The number of hydrogen-bond donors (Lipinski definition) is 4. The Bertz CT molecular complexity index is 167. The van der Waals surface area contributed by atoms with Crippen LogP contribution in [0.15, 0.2) is 0 Å². The Morgan fingerprint density at radius 1 is 0.650 bits per heavy atom. The maximum Gasteiger partial charge on any atom is 0.00506 e. The second-order valence-corrected chi connectivity index (χ2v) is 5.70. The van der Waals surface area contributed by atoms with Gasteiger partial charge in [0.05, 0.1) is 0 Å². The highest BCUT2D eigenvalue weighted by molar-refractivity contribution is 4.62. The minimum absolute atomic E-state index is 0.632. The third-order valence-electron chi connectivity index (χ3n) is 3.57. The largest absolute Gasteiger partial charge is 0.317 e. The molecule has 0 heterocycles. The molecular formula is C16H38N4. The van der Waals surface area contributed by atoms with Crippen LogP contribution in [0.2, 0.25) is 0 Å². The van der Waals surface area contributed by atoms with Crippen LogP contribution < -0.4 is 21.3 Å². The maximum absolute atomic E-state index is 3.52. The van der Waals surface area contributed by atoms with Gasteiger partial charge in [0.1, 0.15) is 0 Å². The predicted octanol–water partition coefficient (Wildman–Crippen LogP) is 1.72. The van der Waals surface area contributed by atoms with Crippen molar-refractivity contribution in [3.63, 3.8) is 0 Å². The van der Waals surface area contributed by atoms with E-state index >= 15 is 0 Å². The first-order chi connectivity index (χ1) is 9.70. The zero-order valence-corrected chi connectivity index (χ0v) is 14.2. The number of hydrogen-bond acceptors (Lipinski definition) is 4. The van der Waals surface area contributed by atoms with E-state index in [1.54, 1.807) is 0 Å². The molecular weight excluding hydrogens is 248 g/mol. The van der Waals surface area contributed by atoms with Gasteiger partial charge in [-0.15, -0.1) is 0 Å². The minimum atomic E-state index is 0.632. The Kier molecular flexibility index (Phi) is 15.1. The van der Waals surface area contributed by atoms with E-state index in [4.69, 9.17) is 0 Å². The average Bonchev–Trinajstić information content (AvgIpc) is 2.41. The first kappa shape index (κ1) is 19.8. The Morgan fingerprint density at radius 2 is 1.05 bits per heavy atom. The van der Waals surface area contributed by atoms with Crippen molar-refractivity contribution in [2.24, 2.45) is 0 Å². The molecule has 0 saturated carbocycles. The summed E-state index contributed by atoms with van der Waals surface area (Å²) in [7, 11) is 0. The maximum atomic E-state index is 3.52. The lowest BCUT2D eigenvalue weighted by atomic mass is 10.2. The second kappa shape index (κ2) is 15.2. The van der Waals surface area contributed by atoms with Gasteiger partial charge >= 0.3 is 0 Å². The summed E-state index contributed by atoms with van der Waals surface area (Å²) in [6.45, 7) is 15.5. The summed E-state index contributed by atoms with van der Waals surface area (Å²) in [5.41, 5.74) is 0. The fraction of sp³-hybridized carbons (Fsp3) is 1.00. The number of unbranched alkanes of at least 4 members (excludes halogenated alkanes) is 1. The Hall–Kier alpha value is -0.160.